The molecule has 0 saturated heterocycles. The van der Waals surface area contributed by atoms with Gasteiger partial charge in [-0.25, -0.2) is 0 Å². The molecular weight excluding hydrogens is 232 g/mol. The van der Waals surface area contributed by atoms with Crippen LogP contribution in [-0.4, -0.2) is 19.0 Å². The zero-order chi connectivity index (χ0) is 12.1. The third kappa shape index (κ3) is 4.48. The molecule has 1 amide bonds. The van der Waals surface area contributed by atoms with Crippen molar-refractivity contribution < 1.29 is 4.79 Å². The average molecular weight is 252 g/mol. The molecule has 94 valence electrons. The topological polar surface area (TPSA) is 41.1 Å². The molecule has 4 heteroatoms. The van der Waals surface area contributed by atoms with Crippen LogP contribution in [0.1, 0.15) is 29.5 Å². The van der Waals surface area contributed by atoms with Crippen molar-refractivity contribution >= 4 is 17.2 Å². The Hall–Kier alpha value is -0.870. The highest BCUT2D eigenvalue weighted by atomic mass is 32.1. The number of thiophene rings is 1. The van der Waals surface area contributed by atoms with Crippen LogP contribution < -0.4 is 10.6 Å². The van der Waals surface area contributed by atoms with Gasteiger partial charge in [-0.15, -0.1) is 11.3 Å². The van der Waals surface area contributed by atoms with E-state index in [2.05, 4.69) is 29.7 Å². The molecule has 2 N–H and O–H groups in total. The third-order valence-electron chi connectivity index (χ3n) is 2.94. The number of nitrogens with one attached hydrogen (secondary N) is 2. The molecule has 1 aliphatic carbocycles. The van der Waals surface area contributed by atoms with Crippen LogP contribution in [0.5, 0.6) is 0 Å². The molecule has 0 radical (unpaired) electrons. The Labute approximate surface area is 107 Å². The lowest BCUT2D eigenvalue weighted by Gasteiger charge is -2.04. The van der Waals surface area contributed by atoms with Crippen LogP contribution in [0.4, 0.5) is 0 Å². The number of carbonyl (C=O) groups excluding carboxylic acids is 1. The number of amides is 1. The van der Waals surface area contributed by atoms with E-state index in [1.807, 2.05) is 0 Å². The van der Waals surface area contributed by atoms with Gasteiger partial charge in [0.15, 0.2) is 0 Å². The Morgan fingerprint density at radius 3 is 2.82 bits per heavy atom. The van der Waals surface area contributed by atoms with E-state index in [1.54, 1.807) is 11.3 Å². The Morgan fingerprint density at radius 2 is 2.18 bits per heavy atom. The molecule has 1 fully saturated rings. The summed E-state index contributed by atoms with van der Waals surface area (Å²) in [6.07, 6.45) is 3.72. The molecule has 0 aliphatic heterocycles. The molecule has 0 unspecified atom stereocenters. The molecule has 1 saturated carbocycles. The molecule has 0 aromatic carbocycles. The SMILES string of the molecule is CCc1ccc(CNC(=O)CNCC2CC2)s1. The first-order valence-electron chi connectivity index (χ1n) is 6.33. The Bertz CT molecular complexity index is 371. The third-order valence-corrected chi connectivity index (χ3v) is 4.17. The van der Waals surface area contributed by atoms with Gasteiger partial charge in [0.25, 0.3) is 0 Å². The summed E-state index contributed by atoms with van der Waals surface area (Å²) in [6.45, 7) is 4.25. The molecule has 1 heterocycles. The number of carbonyl (C=O) groups is 1. The standard InChI is InChI=1S/C13H20N2OS/c1-2-11-5-6-12(17-11)8-15-13(16)9-14-7-10-3-4-10/h5-6,10,14H,2-4,7-9H2,1H3,(H,15,16). The summed E-state index contributed by atoms with van der Waals surface area (Å²) in [4.78, 5) is 14.1. The lowest BCUT2D eigenvalue weighted by molar-refractivity contribution is -0.120. The Kier molecular flexibility index (Phi) is 4.57. The van der Waals surface area contributed by atoms with Gasteiger partial charge in [-0.2, -0.15) is 0 Å². The molecule has 0 spiro atoms. The van der Waals surface area contributed by atoms with Crippen molar-refractivity contribution in [2.24, 2.45) is 5.92 Å². The van der Waals surface area contributed by atoms with Gasteiger partial charge in [-0.3, -0.25) is 4.79 Å². The van der Waals surface area contributed by atoms with Crippen LogP contribution in [0, 0.1) is 5.92 Å². The fourth-order valence-electron chi connectivity index (χ4n) is 1.67. The summed E-state index contributed by atoms with van der Waals surface area (Å²) in [5, 5.41) is 6.13. The lowest BCUT2D eigenvalue weighted by atomic mass is 10.3. The minimum absolute atomic E-state index is 0.0945. The van der Waals surface area contributed by atoms with E-state index in [1.165, 1.54) is 22.6 Å². The van der Waals surface area contributed by atoms with Crippen LogP contribution in [0.15, 0.2) is 12.1 Å². The number of hydrogen-bond acceptors (Lipinski definition) is 3. The summed E-state index contributed by atoms with van der Waals surface area (Å²) < 4.78 is 0. The number of aryl methyl sites for hydroxylation is 1. The van der Waals surface area contributed by atoms with E-state index in [4.69, 9.17) is 0 Å². The van der Waals surface area contributed by atoms with Crippen LogP contribution in [0.3, 0.4) is 0 Å². The minimum atomic E-state index is 0.0945. The molecule has 17 heavy (non-hydrogen) atoms. The first-order chi connectivity index (χ1) is 8.28. The zero-order valence-electron chi connectivity index (χ0n) is 10.3. The van der Waals surface area contributed by atoms with Gasteiger partial charge < -0.3 is 10.6 Å². The van der Waals surface area contributed by atoms with Crippen molar-refractivity contribution in [3.05, 3.63) is 21.9 Å². The summed E-state index contributed by atoms with van der Waals surface area (Å²) in [5.74, 6) is 0.921. The monoisotopic (exact) mass is 252 g/mol. The van der Waals surface area contributed by atoms with Gasteiger partial charge in [-0.1, -0.05) is 6.92 Å². The number of hydrogen-bond donors (Lipinski definition) is 2. The van der Waals surface area contributed by atoms with Gasteiger partial charge in [0.05, 0.1) is 13.1 Å². The van der Waals surface area contributed by atoms with E-state index < -0.39 is 0 Å². The molecule has 1 aromatic heterocycles. The summed E-state index contributed by atoms with van der Waals surface area (Å²) in [6, 6.07) is 4.24. The van der Waals surface area contributed by atoms with Gasteiger partial charge in [0.1, 0.15) is 0 Å². The highest BCUT2D eigenvalue weighted by molar-refractivity contribution is 7.11. The normalized spacial score (nSPS) is 14.9. The van der Waals surface area contributed by atoms with Crippen LogP contribution in [-0.2, 0) is 17.8 Å². The first kappa shape index (κ1) is 12.6. The highest BCUT2D eigenvalue weighted by Crippen LogP contribution is 2.27. The Balaban J connectivity index is 1.60. The van der Waals surface area contributed by atoms with Gasteiger partial charge in [-0.05, 0) is 43.9 Å². The van der Waals surface area contributed by atoms with Crippen molar-refractivity contribution in [1.82, 2.24) is 10.6 Å². The largest absolute Gasteiger partial charge is 0.350 e. The fraction of sp³-hybridized carbons (Fsp3) is 0.615. The van der Waals surface area contributed by atoms with Gasteiger partial charge >= 0.3 is 0 Å². The van der Waals surface area contributed by atoms with E-state index in [0.29, 0.717) is 13.1 Å². The second-order valence-corrected chi connectivity index (χ2v) is 5.83. The van der Waals surface area contributed by atoms with E-state index in [0.717, 1.165) is 18.9 Å². The van der Waals surface area contributed by atoms with Crippen molar-refractivity contribution in [2.45, 2.75) is 32.7 Å². The second kappa shape index (κ2) is 6.17. The average Bonchev–Trinajstić information content (AvgIpc) is 3.04. The predicted molar refractivity (Wildman–Crippen MR) is 71.1 cm³/mol. The molecule has 1 aromatic rings. The highest BCUT2D eigenvalue weighted by Gasteiger charge is 2.20. The molecular formula is C13H20N2OS. The molecule has 2 rings (SSSR count). The van der Waals surface area contributed by atoms with Crippen molar-refractivity contribution in [1.29, 1.82) is 0 Å². The van der Waals surface area contributed by atoms with Gasteiger partial charge in [0, 0.05) is 9.75 Å². The van der Waals surface area contributed by atoms with Crippen molar-refractivity contribution in [2.75, 3.05) is 13.1 Å². The smallest absolute Gasteiger partial charge is 0.234 e. The predicted octanol–water partition coefficient (Wildman–Crippen LogP) is 1.93. The van der Waals surface area contributed by atoms with Gasteiger partial charge in [0.2, 0.25) is 5.91 Å². The first-order valence-corrected chi connectivity index (χ1v) is 7.14. The molecule has 1 aliphatic rings. The molecule has 0 atom stereocenters. The summed E-state index contributed by atoms with van der Waals surface area (Å²) in [7, 11) is 0. The van der Waals surface area contributed by atoms with Crippen LogP contribution in [0.25, 0.3) is 0 Å². The fourth-order valence-corrected chi connectivity index (χ4v) is 2.56. The lowest BCUT2D eigenvalue weighted by Crippen LogP contribution is -2.34. The van der Waals surface area contributed by atoms with Crippen LogP contribution in [0.2, 0.25) is 0 Å². The van der Waals surface area contributed by atoms with Crippen LogP contribution >= 0.6 is 11.3 Å². The van der Waals surface area contributed by atoms with E-state index in [9.17, 15) is 4.79 Å². The summed E-state index contributed by atoms with van der Waals surface area (Å²) in [5.41, 5.74) is 0. The quantitative estimate of drug-likeness (QED) is 0.778. The molecule has 3 nitrogen and oxygen atoms in total. The maximum atomic E-state index is 11.5. The zero-order valence-corrected chi connectivity index (χ0v) is 11.1. The maximum Gasteiger partial charge on any atom is 0.234 e. The maximum absolute atomic E-state index is 11.5. The van der Waals surface area contributed by atoms with E-state index in [-0.39, 0.29) is 5.91 Å². The molecule has 0 bridgehead atoms. The minimum Gasteiger partial charge on any atom is -0.350 e. The summed E-state index contributed by atoms with van der Waals surface area (Å²) >= 11 is 1.78. The number of rotatable bonds is 7. The van der Waals surface area contributed by atoms with Crippen molar-refractivity contribution in [3.8, 4) is 0 Å². The second-order valence-electron chi connectivity index (χ2n) is 4.57. The Morgan fingerprint density at radius 1 is 1.41 bits per heavy atom. The van der Waals surface area contributed by atoms with Crippen molar-refractivity contribution in [3.63, 3.8) is 0 Å². The van der Waals surface area contributed by atoms with E-state index >= 15 is 0 Å².